The maximum Gasteiger partial charge on any atom is 0.278 e. The summed E-state index contributed by atoms with van der Waals surface area (Å²) in [6.45, 7) is 0. The Morgan fingerprint density at radius 1 is 1.36 bits per heavy atom. The van der Waals surface area contributed by atoms with Crippen LogP contribution in [-0.4, -0.2) is 25.8 Å². The Hall–Kier alpha value is -2.38. The number of amidine groups is 1. The number of fused-ring (bicyclic) bond motifs is 1. The normalized spacial score (nSPS) is 10.6. The number of anilines is 1. The number of aromatic nitrogens is 4. The van der Waals surface area contributed by atoms with E-state index in [4.69, 9.17) is 16.9 Å². The summed E-state index contributed by atoms with van der Waals surface area (Å²) in [6.07, 6.45) is 0. The van der Waals surface area contributed by atoms with Gasteiger partial charge in [0.15, 0.2) is 22.8 Å². The monoisotopic (exact) mass is 193 g/mol. The highest BCUT2D eigenvalue weighted by atomic mass is 16.1. The quantitative estimate of drug-likeness (QED) is 0.276. The molecule has 0 aliphatic carbocycles. The topological polar surface area (TPSA) is 150 Å². The Bertz CT molecular complexity index is 565. The van der Waals surface area contributed by atoms with Gasteiger partial charge < -0.3 is 16.5 Å². The Morgan fingerprint density at radius 2 is 2.07 bits per heavy atom. The molecule has 0 spiro atoms. The van der Waals surface area contributed by atoms with Gasteiger partial charge >= 0.3 is 0 Å². The first-order valence-corrected chi connectivity index (χ1v) is 3.68. The number of nitrogen functional groups attached to an aromatic ring is 2. The highest BCUT2D eigenvalue weighted by molar-refractivity contribution is 5.94. The maximum absolute atomic E-state index is 11.3. The van der Waals surface area contributed by atoms with E-state index in [1.807, 2.05) is 0 Å². The van der Waals surface area contributed by atoms with Gasteiger partial charge in [-0.25, -0.2) is 4.98 Å². The van der Waals surface area contributed by atoms with Gasteiger partial charge in [-0.3, -0.25) is 15.2 Å². The molecule has 8 nitrogen and oxygen atoms in total. The van der Waals surface area contributed by atoms with Crippen molar-refractivity contribution < 1.29 is 0 Å². The second-order valence-corrected chi connectivity index (χ2v) is 2.65. The molecule has 0 aliphatic heterocycles. The van der Waals surface area contributed by atoms with Crippen LogP contribution in [0, 0.1) is 5.41 Å². The van der Waals surface area contributed by atoms with Crippen molar-refractivity contribution in [2.45, 2.75) is 0 Å². The molecule has 0 aromatic carbocycles. The van der Waals surface area contributed by atoms with Gasteiger partial charge in [-0.15, -0.1) is 0 Å². The van der Waals surface area contributed by atoms with E-state index in [1.54, 1.807) is 0 Å². The van der Waals surface area contributed by atoms with E-state index < -0.39 is 5.56 Å². The molecule has 2 rings (SSSR count). The lowest BCUT2D eigenvalue weighted by Gasteiger charge is -1.89. The zero-order chi connectivity index (χ0) is 10.3. The van der Waals surface area contributed by atoms with Gasteiger partial charge in [0.25, 0.3) is 5.56 Å². The van der Waals surface area contributed by atoms with E-state index in [0.29, 0.717) is 0 Å². The van der Waals surface area contributed by atoms with Gasteiger partial charge in [0.2, 0.25) is 5.95 Å². The standard InChI is InChI=1S/C6H7N7O/c7-2(8)4-10-1-3(11-4)12-6(9)13-5(1)14/h(H3,7,8)(H4,9,10,11,12,13,14). The number of aromatic amines is 2. The fourth-order valence-electron chi connectivity index (χ4n) is 1.05. The van der Waals surface area contributed by atoms with E-state index in [1.165, 1.54) is 0 Å². The smallest absolute Gasteiger partial charge is 0.278 e. The molecule has 0 bridgehead atoms. The average molecular weight is 193 g/mol. The van der Waals surface area contributed by atoms with Crippen LogP contribution in [-0.2, 0) is 0 Å². The van der Waals surface area contributed by atoms with Crippen LogP contribution < -0.4 is 17.0 Å². The molecule has 0 aliphatic rings. The lowest BCUT2D eigenvalue weighted by molar-refractivity contribution is 1.17. The van der Waals surface area contributed by atoms with Crippen LogP contribution in [0.5, 0.6) is 0 Å². The predicted octanol–water partition coefficient (Wildman–Crippen LogP) is -1.49. The van der Waals surface area contributed by atoms with Crippen LogP contribution >= 0.6 is 0 Å². The van der Waals surface area contributed by atoms with Crippen molar-refractivity contribution in [3.63, 3.8) is 0 Å². The molecule has 7 N–H and O–H groups in total. The molecule has 2 aromatic heterocycles. The summed E-state index contributed by atoms with van der Waals surface area (Å²) in [4.78, 5) is 23.7. The van der Waals surface area contributed by atoms with E-state index in [9.17, 15) is 4.79 Å². The highest BCUT2D eigenvalue weighted by Gasteiger charge is 2.09. The van der Waals surface area contributed by atoms with Crippen LogP contribution in [0.15, 0.2) is 4.79 Å². The number of H-pyrrole nitrogens is 2. The molecular weight excluding hydrogens is 186 g/mol. The highest BCUT2D eigenvalue weighted by Crippen LogP contribution is 2.03. The second-order valence-electron chi connectivity index (χ2n) is 2.65. The molecule has 14 heavy (non-hydrogen) atoms. The molecule has 0 saturated heterocycles. The summed E-state index contributed by atoms with van der Waals surface area (Å²) in [6, 6.07) is 0. The number of rotatable bonds is 1. The molecule has 0 atom stereocenters. The molecule has 0 unspecified atom stereocenters. The van der Waals surface area contributed by atoms with Crippen LogP contribution in [0.25, 0.3) is 11.2 Å². The minimum absolute atomic E-state index is 0.0240. The third-order valence-electron chi connectivity index (χ3n) is 1.63. The van der Waals surface area contributed by atoms with Crippen LogP contribution in [0.4, 0.5) is 5.95 Å². The summed E-state index contributed by atoms with van der Waals surface area (Å²) < 4.78 is 0. The van der Waals surface area contributed by atoms with Gasteiger partial charge in [-0.05, 0) is 0 Å². The van der Waals surface area contributed by atoms with Crippen molar-refractivity contribution in [3.05, 3.63) is 16.2 Å². The molecule has 0 saturated carbocycles. The van der Waals surface area contributed by atoms with Crippen LogP contribution in [0.1, 0.15) is 5.82 Å². The van der Waals surface area contributed by atoms with Crippen molar-refractivity contribution in [2.75, 3.05) is 5.73 Å². The molecule has 2 aromatic rings. The van der Waals surface area contributed by atoms with Gasteiger partial charge in [0, 0.05) is 0 Å². The number of nitrogens with zero attached hydrogens (tertiary/aromatic N) is 2. The zero-order valence-electron chi connectivity index (χ0n) is 6.96. The first-order valence-electron chi connectivity index (χ1n) is 3.68. The Balaban J connectivity index is 2.83. The third kappa shape index (κ3) is 1.09. The molecule has 72 valence electrons. The number of imidazole rings is 1. The number of hydrogen-bond donors (Lipinski definition) is 5. The first kappa shape index (κ1) is 8.23. The first-order chi connectivity index (χ1) is 6.58. The second kappa shape index (κ2) is 2.55. The van der Waals surface area contributed by atoms with Crippen molar-refractivity contribution in [1.29, 1.82) is 5.41 Å². The van der Waals surface area contributed by atoms with Gasteiger partial charge in [0.05, 0.1) is 0 Å². The van der Waals surface area contributed by atoms with Gasteiger partial charge in [0.1, 0.15) is 0 Å². The largest absolute Gasteiger partial charge is 0.381 e. The fraction of sp³-hybridized carbons (Fsp3) is 0. The average Bonchev–Trinajstić information content (AvgIpc) is 2.47. The van der Waals surface area contributed by atoms with Crippen molar-refractivity contribution in [2.24, 2.45) is 5.73 Å². The Morgan fingerprint density at radius 3 is 2.71 bits per heavy atom. The van der Waals surface area contributed by atoms with Crippen molar-refractivity contribution in [1.82, 2.24) is 19.9 Å². The van der Waals surface area contributed by atoms with Gasteiger partial charge in [-0.1, -0.05) is 0 Å². The summed E-state index contributed by atoms with van der Waals surface area (Å²) in [7, 11) is 0. The zero-order valence-corrected chi connectivity index (χ0v) is 6.96. The summed E-state index contributed by atoms with van der Waals surface area (Å²) in [5.41, 5.74) is 10.4. The molecular formula is C6H7N7O. The Kier molecular flexibility index (Phi) is 1.50. The summed E-state index contributed by atoms with van der Waals surface area (Å²) in [5.74, 6) is -0.186. The van der Waals surface area contributed by atoms with E-state index in [0.717, 1.165) is 0 Å². The van der Waals surface area contributed by atoms with Crippen molar-refractivity contribution >= 4 is 22.9 Å². The molecule has 0 fully saturated rings. The predicted molar refractivity (Wildman–Crippen MR) is 49.9 cm³/mol. The number of nitrogens with two attached hydrogens (primary N) is 2. The number of hydrogen-bond acceptors (Lipinski definition) is 5. The third-order valence-corrected chi connectivity index (χ3v) is 1.63. The summed E-state index contributed by atoms with van der Waals surface area (Å²) >= 11 is 0. The Labute approximate surface area is 76.9 Å². The summed E-state index contributed by atoms with van der Waals surface area (Å²) in [5, 5.41) is 7.10. The van der Waals surface area contributed by atoms with Crippen molar-refractivity contribution in [3.8, 4) is 0 Å². The van der Waals surface area contributed by atoms with Crippen LogP contribution in [0.3, 0.4) is 0 Å². The molecule has 0 amide bonds. The maximum atomic E-state index is 11.3. The van der Waals surface area contributed by atoms with Gasteiger partial charge in [-0.2, -0.15) is 4.98 Å². The van der Waals surface area contributed by atoms with Crippen LogP contribution in [0.2, 0.25) is 0 Å². The minimum Gasteiger partial charge on any atom is -0.381 e. The molecule has 2 heterocycles. The van der Waals surface area contributed by atoms with E-state index in [2.05, 4.69) is 19.9 Å². The molecule has 0 radical (unpaired) electrons. The van der Waals surface area contributed by atoms with E-state index >= 15 is 0 Å². The lowest BCUT2D eigenvalue weighted by atomic mass is 10.5. The van der Waals surface area contributed by atoms with E-state index in [-0.39, 0.29) is 28.8 Å². The minimum atomic E-state index is -0.437. The SMILES string of the molecule is N=C(N)c1nc2nc(N)[nH]c(=O)c2[nH]1. The lowest BCUT2D eigenvalue weighted by Crippen LogP contribution is -2.13. The molecule has 8 heteroatoms. The number of nitrogens with one attached hydrogen (secondary N) is 3. The fourth-order valence-corrected chi connectivity index (χ4v) is 1.05.